The molecule has 10 heteroatoms. The van der Waals surface area contributed by atoms with E-state index in [9.17, 15) is 28.2 Å². The smallest absolute Gasteiger partial charge is 0.325 e. The lowest BCUT2D eigenvalue weighted by atomic mass is 10.1. The number of amides is 1. The fourth-order valence-electron chi connectivity index (χ4n) is 4.56. The maximum atomic E-state index is 13.9. The molecule has 0 aromatic heterocycles. The number of nitrogens with one attached hydrogen (secondary N) is 1. The number of carbonyl (C=O) groups excluding carboxylic acids is 1. The first-order valence-electron chi connectivity index (χ1n) is 12.1. The van der Waals surface area contributed by atoms with Crippen molar-refractivity contribution >= 4 is 33.5 Å². The summed E-state index contributed by atoms with van der Waals surface area (Å²) in [7, 11) is -4.30. The Morgan fingerprint density at radius 3 is 2.08 bits per heavy atom. The number of rotatable bonds is 10. The van der Waals surface area contributed by atoms with Crippen molar-refractivity contribution in [1.29, 1.82) is 0 Å². The number of halogens is 1. The molecule has 3 N–H and O–H groups in total. The van der Waals surface area contributed by atoms with E-state index in [0.29, 0.717) is 10.6 Å². The van der Waals surface area contributed by atoms with E-state index in [1.807, 2.05) is 12.1 Å². The first kappa shape index (κ1) is 27.8. The van der Waals surface area contributed by atoms with E-state index in [1.54, 1.807) is 54.6 Å². The van der Waals surface area contributed by atoms with E-state index in [2.05, 4.69) is 5.32 Å². The molecular weight excluding hydrogens is 528 g/mol. The molecule has 0 bridgehead atoms. The number of carboxylic acid groups (broad SMARTS) is 1. The molecule has 3 aromatic carbocycles. The fraction of sp³-hybridized carbons (Fsp3) is 0.286. The Labute approximate surface area is 226 Å². The van der Waals surface area contributed by atoms with Crippen molar-refractivity contribution in [2.24, 2.45) is 0 Å². The summed E-state index contributed by atoms with van der Waals surface area (Å²) in [6.07, 6.45) is 0.0911. The number of carbonyl (C=O) groups is 2. The lowest BCUT2D eigenvalue weighted by molar-refractivity contribution is -0.143. The zero-order valence-electron chi connectivity index (χ0n) is 21.0. The molecule has 1 amide bonds. The van der Waals surface area contributed by atoms with E-state index in [-0.39, 0.29) is 24.4 Å². The van der Waals surface area contributed by atoms with Gasteiger partial charge in [0.25, 0.3) is 5.91 Å². The summed E-state index contributed by atoms with van der Waals surface area (Å²) in [5.41, 5.74) is -1.05. The van der Waals surface area contributed by atoms with Crippen molar-refractivity contribution in [3.8, 4) is 11.1 Å². The second-order valence-electron chi connectivity index (χ2n) is 9.82. The summed E-state index contributed by atoms with van der Waals surface area (Å²) >= 11 is 5.96. The minimum Gasteiger partial charge on any atom is -0.480 e. The maximum Gasteiger partial charge on any atom is 0.325 e. The Bertz CT molecular complexity index is 1420. The van der Waals surface area contributed by atoms with Crippen LogP contribution in [0.4, 0.5) is 0 Å². The molecule has 0 saturated heterocycles. The van der Waals surface area contributed by atoms with Crippen LogP contribution in [0.25, 0.3) is 11.1 Å². The van der Waals surface area contributed by atoms with E-state index < -0.39 is 39.0 Å². The highest BCUT2D eigenvalue weighted by molar-refractivity contribution is 7.89. The van der Waals surface area contributed by atoms with Gasteiger partial charge in [0.1, 0.15) is 11.1 Å². The second-order valence-corrected chi connectivity index (χ2v) is 12.1. The zero-order chi connectivity index (χ0) is 27.7. The third-order valence-electron chi connectivity index (χ3n) is 6.72. The number of sulfonamides is 1. The molecule has 1 fully saturated rings. The van der Waals surface area contributed by atoms with E-state index in [4.69, 9.17) is 11.6 Å². The number of hydrogen-bond acceptors (Lipinski definition) is 5. The van der Waals surface area contributed by atoms with Crippen LogP contribution in [0, 0.1) is 0 Å². The first-order valence-corrected chi connectivity index (χ1v) is 13.9. The molecule has 38 heavy (non-hydrogen) atoms. The third kappa shape index (κ3) is 5.47. The Morgan fingerprint density at radius 1 is 1.00 bits per heavy atom. The van der Waals surface area contributed by atoms with Gasteiger partial charge >= 0.3 is 5.97 Å². The topological polar surface area (TPSA) is 124 Å². The molecule has 2 atom stereocenters. The van der Waals surface area contributed by atoms with Gasteiger partial charge in [0.05, 0.1) is 4.90 Å². The minimum absolute atomic E-state index is 0.0663. The number of benzene rings is 3. The van der Waals surface area contributed by atoms with Crippen LogP contribution >= 0.6 is 11.6 Å². The predicted molar refractivity (Wildman–Crippen MR) is 144 cm³/mol. The second kappa shape index (κ2) is 10.5. The third-order valence-corrected chi connectivity index (χ3v) is 8.93. The quantitative estimate of drug-likeness (QED) is 0.348. The molecular formula is C28H29ClN2O6S. The molecule has 1 aliphatic rings. The molecule has 0 heterocycles. The summed E-state index contributed by atoms with van der Waals surface area (Å²) in [4.78, 5) is 24.8. The average molecular weight is 557 g/mol. The van der Waals surface area contributed by atoms with Gasteiger partial charge in [-0.2, -0.15) is 4.31 Å². The van der Waals surface area contributed by atoms with Crippen LogP contribution in [0.5, 0.6) is 0 Å². The highest BCUT2D eigenvalue weighted by Gasteiger charge is 2.67. The first-order chi connectivity index (χ1) is 17.9. The van der Waals surface area contributed by atoms with Crippen molar-refractivity contribution in [3.63, 3.8) is 0 Å². The molecule has 0 spiro atoms. The van der Waals surface area contributed by atoms with Crippen LogP contribution in [0.3, 0.4) is 0 Å². The zero-order valence-corrected chi connectivity index (χ0v) is 22.5. The van der Waals surface area contributed by atoms with Gasteiger partial charge in [0.15, 0.2) is 0 Å². The van der Waals surface area contributed by atoms with Crippen LogP contribution in [0.2, 0.25) is 5.02 Å². The minimum atomic E-state index is -4.30. The molecule has 4 rings (SSSR count). The normalized spacial score (nSPS) is 19.2. The van der Waals surface area contributed by atoms with Gasteiger partial charge in [0, 0.05) is 24.0 Å². The number of aliphatic carboxylic acids is 1. The van der Waals surface area contributed by atoms with Crippen LogP contribution in [-0.4, -0.2) is 59.0 Å². The maximum absolute atomic E-state index is 13.9. The SMILES string of the molecule is CC(C)(O)C(=O)NCCN(C1(C(=O)O)CC1c1ccccc1)S(=O)(=O)c1ccc(-c2ccc(Cl)cc2)cc1. The lowest BCUT2D eigenvalue weighted by Gasteiger charge is -2.30. The van der Waals surface area contributed by atoms with Crippen molar-refractivity contribution in [1.82, 2.24) is 9.62 Å². The largest absolute Gasteiger partial charge is 0.480 e. The fourth-order valence-corrected chi connectivity index (χ4v) is 6.46. The summed E-state index contributed by atoms with van der Waals surface area (Å²) in [6.45, 7) is 2.15. The van der Waals surface area contributed by atoms with Gasteiger partial charge in [-0.25, -0.2) is 8.42 Å². The van der Waals surface area contributed by atoms with Gasteiger partial charge in [-0.15, -0.1) is 0 Å². The van der Waals surface area contributed by atoms with Crippen LogP contribution in [0.1, 0.15) is 31.7 Å². The summed E-state index contributed by atoms with van der Waals surface area (Å²) in [5, 5.41) is 23.3. The Hall–Kier alpha value is -3.24. The van der Waals surface area contributed by atoms with Gasteiger partial charge in [-0.1, -0.05) is 66.2 Å². The number of nitrogens with zero attached hydrogens (tertiary/aromatic N) is 1. The Balaban J connectivity index is 1.69. The van der Waals surface area contributed by atoms with Gasteiger partial charge in [0.2, 0.25) is 10.0 Å². The number of carboxylic acids is 1. The van der Waals surface area contributed by atoms with Crippen LogP contribution in [0.15, 0.2) is 83.8 Å². The van der Waals surface area contributed by atoms with Crippen molar-refractivity contribution in [3.05, 3.63) is 89.4 Å². The highest BCUT2D eigenvalue weighted by atomic mass is 35.5. The van der Waals surface area contributed by atoms with E-state index in [1.165, 1.54) is 26.0 Å². The molecule has 1 aliphatic carbocycles. The molecule has 0 radical (unpaired) electrons. The number of hydrogen-bond donors (Lipinski definition) is 3. The molecule has 200 valence electrons. The summed E-state index contributed by atoms with van der Waals surface area (Å²) < 4.78 is 28.9. The van der Waals surface area contributed by atoms with Crippen molar-refractivity contribution in [2.45, 2.75) is 42.2 Å². The van der Waals surface area contributed by atoms with Crippen molar-refractivity contribution < 1.29 is 28.2 Å². The molecule has 0 aliphatic heterocycles. The summed E-state index contributed by atoms with van der Waals surface area (Å²) in [5.74, 6) is -2.52. The van der Waals surface area contributed by atoms with Crippen LogP contribution in [-0.2, 0) is 19.6 Å². The standard InChI is InChI=1S/C28H29ClN2O6S/c1-27(2,35)25(32)30-16-17-31(28(26(33)34)18-24(28)21-6-4-3-5-7-21)38(36,37)23-14-10-20(11-15-23)19-8-12-22(29)13-9-19/h3-15,24,35H,16-18H2,1-2H3,(H,30,32)(H,33,34). The monoisotopic (exact) mass is 556 g/mol. The molecule has 8 nitrogen and oxygen atoms in total. The molecule has 1 saturated carbocycles. The van der Waals surface area contributed by atoms with Gasteiger partial charge in [-0.3, -0.25) is 9.59 Å². The lowest BCUT2D eigenvalue weighted by Crippen LogP contribution is -2.52. The van der Waals surface area contributed by atoms with Crippen LogP contribution < -0.4 is 5.32 Å². The Kier molecular flexibility index (Phi) is 7.67. The van der Waals surface area contributed by atoms with E-state index >= 15 is 0 Å². The Morgan fingerprint density at radius 2 is 1.55 bits per heavy atom. The number of aliphatic hydroxyl groups is 1. The summed E-state index contributed by atoms with van der Waals surface area (Å²) in [6, 6.07) is 22.2. The predicted octanol–water partition coefficient (Wildman–Crippen LogP) is 3.90. The van der Waals surface area contributed by atoms with Gasteiger partial charge < -0.3 is 15.5 Å². The average Bonchev–Trinajstić information content (AvgIpc) is 3.63. The molecule has 3 aromatic rings. The van der Waals surface area contributed by atoms with Gasteiger partial charge in [-0.05, 0) is 61.2 Å². The molecule has 2 unspecified atom stereocenters. The highest BCUT2D eigenvalue weighted by Crippen LogP contribution is 2.57. The van der Waals surface area contributed by atoms with Crippen molar-refractivity contribution in [2.75, 3.05) is 13.1 Å². The van der Waals surface area contributed by atoms with E-state index in [0.717, 1.165) is 15.4 Å².